The van der Waals surface area contributed by atoms with Crippen molar-refractivity contribution in [2.24, 2.45) is 0 Å². The molecule has 0 bridgehead atoms. The van der Waals surface area contributed by atoms with E-state index in [1.165, 1.54) is 0 Å². The van der Waals surface area contributed by atoms with E-state index in [1.807, 2.05) is 12.4 Å². The number of aromatic nitrogens is 2. The van der Waals surface area contributed by atoms with Crippen LogP contribution in [0.4, 0.5) is 0 Å². The summed E-state index contributed by atoms with van der Waals surface area (Å²) in [5.74, 6) is 1.61. The highest BCUT2D eigenvalue weighted by Crippen LogP contribution is 2.27. The van der Waals surface area contributed by atoms with Crippen molar-refractivity contribution in [1.82, 2.24) is 15.3 Å². The van der Waals surface area contributed by atoms with Crippen LogP contribution < -0.4 is 5.32 Å². The Morgan fingerprint density at radius 3 is 3.00 bits per heavy atom. The molecular weight excluding hydrogens is 262 g/mol. The van der Waals surface area contributed by atoms with E-state index in [4.69, 9.17) is 9.15 Å². The van der Waals surface area contributed by atoms with Crippen LogP contribution in [0.15, 0.2) is 16.1 Å². The lowest BCUT2D eigenvalue weighted by molar-refractivity contribution is 0.199. The number of oxazole rings is 1. The maximum Gasteiger partial charge on any atom is 0.194 e. The third-order valence-electron chi connectivity index (χ3n) is 2.75. The van der Waals surface area contributed by atoms with Crippen LogP contribution in [0.25, 0.3) is 10.6 Å². The Kier molecular flexibility index (Phi) is 5.50. The van der Waals surface area contributed by atoms with Crippen molar-refractivity contribution in [1.29, 1.82) is 0 Å². The fourth-order valence-corrected chi connectivity index (χ4v) is 2.48. The summed E-state index contributed by atoms with van der Waals surface area (Å²) >= 11 is 1.58. The van der Waals surface area contributed by atoms with Crippen molar-refractivity contribution in [3.63, 3.8) is 0 Å². The van der Waals surface area contributed by atoms with Crippen LogP contribution in [-0.2, 0) is 11.2 Å². The van der Waals surface area contributed by atoms with Crippen molar-refractivity contribution < 1.29 is 9.15 Å². The number of thiazole rings is 1. The number of ether oxygens (including phenoxy) is 1. The molecule has 2 aromatic heterocycles. The summed E-state index contributed by atoms with van der Waals surface area (Å²) in [6.07, 6.45) is 3.64. The smallest absolute Gasteiger partial charge is 0.194 e. The maximum absolute atomic E-state index is 5.74. The zero-order chi connectivity index (χ0) is 13.5. The standard InChI is InChI=1S/C13H19N3O2S/c1-10-13(19-9-16-10)11-8-15-12(18-11)4-3-5-14-6-7-17-2/h8-9,14H,3-7H2,1-2H3. The van der Waals surface area contributed by atoms with Gasteiger partial charge < -0.3 is 14.5 Å². The predicted molar refractivity (Wildman–Crippen MR) is 75.4 cm³/mol. The molecule has 0 fully saturated rings. The second kappa shape index (κ2) is 7.37. The van der Waals surface area contributed by atoms with E-state index in [-0.39, 0.29) is 0 Å². The van der Waals surface area contributed by atoms with Gasteiger partial charge in [0.1, 0.15) is 0 Å². The quantitative estimate of drug-likeness (QED) is 0.752. The average Bonchev–Trinajstić information content (AvgIpc) is 3.02. The highest BCUT2D eigenvalue weighted by Gasteiger charge is 2.10. The Hall–Kier alpha value is -1.24. The van der Waals surface area contributed by atoms with E-state index < -0.39 is 0 Å². The SMILES string of the molecule is COCCNCCCc1ncc(-c2scnc2C)o1. The van der Waals surface area contributed by atoms with Gasteiger partial charge in [0.25, 0.3) is 0 Å². The lowest BCUT2D eigenvalue weighted by Crippen LogP contribution is -2.20. The predicted octanol–water partition coefficient (Wildman–Crippen LogP) is 2.28. The minimum Gasteiger partial charge on any atom is -0.440 e. The number of hydrogen-bond acceptors (Lipinski definition) is 6. The first-order valence-electron chi connectivity index (χ1n) is 6.36. The van der Waals surface area contributed by atoms with Gasteiger partial charge in [-0.05, 0) is 19.9 Å². The van der Waals surface area contributed by atoms with Gasteiger partial charge in [0.2, 0.25) is 0 Å². The summed E-state index contributed by atoms with van der Waals surface area (Å²) in [5.41, 5.74) is 2.82. The summed E-state index contributed by atoms with van der Waals surface area (Å²) < 4.78 is 10.7. The van der Waals surface area contributed by atoms with Gasteiger partial charge in [-0.3, -0.25) is 0 Å². The third-order valence-corrected chi connectivity index (χ3v) is 3.69. The van der Waals surface area contributed by atoms with E-state index in [0.29, 0.717) is 0 Å². The molecule has 0 atom stereocenters. The van der Waals surface area contributed by atoms with Crippen LogP contribution in [0.1, 0.15) is 18.0 Å². The van der Waals surface area contributed by atoms with E-state index in [2.05, 4.69) is 15.3 Å². The zero-order valence-electron chi connectivity index (χ0n) is 11.3. The minimum atomic E-state index is 0.744. The molecular formula is C13H19N3O2S. The molecule has 1 N–H and O–H groups in total. The first-order valence-corrected chi connectivity index (χ1v) is 7.24. The molecule has 2 rings (SSSR count). The minimum absolute atomic E-state index is 0.744. The first-order chi connectivity index (χ1) is 9.31. The second-order valence-corrected chi connectivity index (χ2v) is 5.09. The number of rotatable bonds is 8. The number of hydrogen-bond donors (Lipinski definition) is 1. The third kappa shape index (κ3) is 4.12. The molecule has 0 aromatic carbocycles. The molecule has 5 nitrogen and oxygen atoms in total. The lowest BCUT2D eigenvalue weighted by Gasteiger charge is -2.01. The van der Waals surface area contributed by atoms with Gasteiger partial charge in [-0.2, -0.15) is 0 Å². The van der Waals surface area contributed by atoms with Crippen LogP contribution in [-0.4, -0.2) is 36.8 Å². The van der Waals surface area contributed by atoms with Crippen molar-refractivity contribution in [2.45, 2.75) is 19.8 Å². The lowest BCUT2D eigenvalue weighted by atomic mass is 10.3. The van der Waals surface area contributed by atoms with Crippen molar-refractivity contribution in [3.8, 4) is 10.6 Å². The Balaban J connectivity index is 1.77. The van der Waals surface area contributed by atoms with Crippen molar-refractivity contribution in [2.75, 3.05) is 26.8 Å². The molecule has 0 saturated carbocycles. The largest absolute Gasteiger partial charge is 0.440 e. The normalized spacial score (nSPS) is 11.1. The molecule has 0 unspecified atom stereocenters. The Morgan fingerprint density at radius 1 is 1.37 bits per heavy atom. The van der Waals surface area contributed by atoms with E-state index in [0.717, 1.165) is 54.8 Å². The first kappa shape index (κ1) is 14.2. The van der Waals surface area contributed by atoms with Gasteiger partial charge in [0.05, 0.1) is 28.9 Å². The number of aryl methyl sites for hydroxylation is 2. The summed E-state index contributed by atoms with van der Waals surface area (Å²) in [4.78, 5) is 9.59. The molecule has 104 valence electrons. The molecule has 0 radical (unpaired) electrons. The van der Waals surface area contributed by atoms with E-state index >= 15 is 0 Å². The fourth-order valence-electron chi connectivity index (χ4n) is 1.73. The van der Waals surface area contributed by atoms with E-state index in [9.17, 15) is 0 Å². The molecule has 0 saturated heterocycles. The van der Waals surface area contributed by atoms with Gasteiger partial charge >= 0.3 is 0 Å². The highest BCUT2D eigenvalue weighted by atomic mass is 32.1. The molecule has 0 spiro atoms. The van der Waals surface area contributed by atoms with Crippen molar-refractivity contribution in [3.05, 3.63) is 23.3 Å². The molecule has 19 heavy (non-hydrogen) atoms. The molecule has 2 heterocycles. The van der Waals surface area contributed by atoms with E-state index in [1.54, 1.807) is 24.6 Å². The summed E-state index contributed by atoms with van der Waals surface area (Å²) in [6, 6.07) is 0. The monoisotopic (exact) mass is 281 g/mol. The summed E-state index contributed by atoms with van der Waals surface area (Å²) in [7, 11) is 1.71. The van der Waals surface area contributed by atoms with Crippen LogP contribution in [0.2, 0.25) is 0 Å². The van der Waals surface area contributed by atoms with Crippen molar-refractivity contribution >= 4 is 11.3 Å². The zero-order valence-corrected chi connectivity index (χ0v) is 12.1. The second-order valence-electron chi connectivity index (χ2n) is 4.23. The molecule has 2 aromatic rings. The van der Waals surface area contributed by atoms with Crippen LogP contribution in [0.3, 0.4) is 0 Å². The van der Waals surface area contributed by atoms with Crippen LogP contribution in [0.5, 0.6) is 0 Å². The number of methoxy groups -OCH3 is 1. The van der Waals surface area contributed by atoms with Gasteiger partial charge in [-0.1, -0.05) is 0 Å². The molecule has 0 aliphatic carbocycles. The van der Waals surface area contributed by atoms with Gasteiger partial charge in [0.15, 0.2) is 11.7 Å². The van der Waals surface area contributed by atoms with Crippen LogP contribution in [0, 0.1) is 6.92 Å². The topological polar surface area (TPSA) is 60.2 Å². The number of nitrogens with one attached hydrogen (secondary N) is 1. The Labute approximate surface area is 117 Å². The van der Waals surface area contributed by atoms with Crippen LogP contribution >= 0.6 is 11.3 Å². The Morgan fingerprint density at radius 2 is 2.26 bits per heavy atom. The van der Waals surface area contributed by atoms with Gasteiger partial charge in [-0.15, -0.1) is 11.3 Å². The molecule has 0 amide bonds. The summed E-state index contributed by atoms with van der Waals surface area (Å²) in [6.45, 7) is 4.55. The number of nitrogens with zero attached hydrogens (tertiary/aromatic N) is 2. The molecule has 6 heteroatoms. The molecule has 0 aliphatic heterocycles. The summed E-state index contributed by atoms with van der Waals surface area (Å²) in [5, 5.41) is 3.30. The highest BCUT2D eigenvalue weighted by molar-refractivity contribution is 7.13. The van der Waals surface area contributed by atoms with Gasteiger partial charge in [-0.25, -0.2) is 9.97 Å². The fraction of sp³-hybridized carbons (Fsp3) is 0.538. The Bertz CT molecular complexity index is 496. The molecule has 0 aliphatic rings. The van der Waals surface area contributed by atoms with Gasteiger partial charge in [0, 0.05) is 20.1 Å². The maximum atomic E-state index is 5.74. The average molecular weight is 281 g/mol.